The molecule has 24 heavy (non-hydrogen) atoms. The van der Waals surface area contributed by atoms with Gasteiger partial charge in [0.1, 0.15) is 6.61 Å². The Hall–Kier alpha value is -1.18. The molecule has 2 fully saturated rings. The van der Waals surface area contributed by atoms with Crippen molar-refractivity contribution >= 4 is 12.0 Å². The molecule has 7 heteroatoms. The van der Waals surface area contributed by atoms with E-state index in [4.69, 9.17) is 14.2 Å². The van der Waals surface area contributed by atoms with Crippen LogP contribution in [0.2, 0.25) is 0 Å². The molecule has 0 aromatic rings. The highest BCUT2D eigenvalue weighted by atomic mass is 16.7. The van der Waals surface area contributed by atoms with E-state index in [0.29, 0.717) is 19.6 Å². The molecule has 2 saturated heterocycles. The minimum atomic E-state index is -1.01. The second kappa shape index (κ2) is 6.98. The predicted octanol–water partition coefficient (Wildman–Crippen LogP) is 1.92. The summed E-state index contributed by atoms with van der Waals surface area (Å²) in [6.07, 6.45) is -1.27. The number of cyclic esters (lactones) is 1. The largest absolute Gasteiger partial charge is 0.447 e. The number of hydrogen-bond acceptors (Lipinski definition) is 6. The van der Waals surface area contributed by atoms with Crippen molar-refractivity contribution in [1.29, 1.82) is 0 Å². The summed E-state index contributed by atoms with van der Waals surface area (Å²) < 4.78 is 16.5. The summed E-state index contributed by atoms with van der Waals surface area (Å²) in [6, 6.07) is -0.292. The number of nitrogens with zero attached hydrogens (tertiary/aromatic N) is 1. The summed E-state index contributed by atoms with van der Waals surface area (Å²) in [6.45, 7) is 10.6. The first kappa shape index (κ1) is 19.1. The third-order valence-corrected chi connectivity index (χ3v) is 5.35. The third kappa shape index (κ3) is 3.17. The molecule has 2 atom stereocenters. The van der Waals surface area contributed by atoms with E-state index in [-0.39, 0.29) is 25.0 Å². The molecule has 0 aromatic carbocycles. The molecule has 2 heterocycles. The maximum atomic E-state index is 12.6. The number of hydrogen-bond donors (Lipinski definition) is 1. The number of aliphatic hydroxyl groups is 1. The van der Waals surface area contributed by atoms with E-state index < -0.39 is 29.3 Å². The topological polar surface area (TPSA) is 85.3 Å². The van der Waals surface area contributed by atoms with Gasteiger partial charge in [-0.25, -0.2) is 9.69 Å². The van der Waals surface area contributed by atoms with Gasteiger partial charge in [-0.2, -0.15) is 0 Å². The number of ether oxygens (including phenoxy) is 3. The first-order chi connectivity index (χ1) is 11.2. The Morgan fingerprint density at radius 2 is 1.96 bits per heavy atom. The zero-order valence-corrected chi connectivity index (χ0v) is 15.2. The van der Waals surface area contributed by atoms with Crippen molar-refractivity contribution in [2.45, 2.75) is 65.4 Å². The fourth-order valence-electron chi connectivity index (χ4n) is 3.47. The van der Waals surface area contributed by atoms with Crippen molar-refractivity contribution in [3.8, 4) is 0 Å². The Bertz CT molecular complexity index is 483. The van der Waals surface area contributed by atoms with Gasteiger partial charge in [-0.3, -0.25) is 4.79 Å². The molecule has 0 radical (unpaired) electrons. The van der Waals surface area contributed by atoms with Crippen LogP contribution in [0.15, 0.2) is 0 Å². The summed E-state index contributed by atoms with van der Waals surface area (Å²) >= 11 is 0. The van der Waals surface area contributed by atoms with Crippen LogP contribution >= 0.6 is 0 Å². The highest BCUT2D eigenvalue weighted by Crippen LogP contribution is 2.44. The zero-order valence-electron chi connectivity index (χ0n) is 15.2. The van der Waals surface area contributed by atoms with Crippen LogP contribution in [0.5, 0.6) is 0 Å². The molecule has 1 N–H and O–H groups in total. The minimum Gasteiger partial charge on any atom is -0.447 e. The standard InChI is InChI=1S/C17H29NO6/c1-6-17(23-7-8-24-17)16(4,5)13(19)9-14(20)18-12(11(2)3)10-22-15(18)21/h11-13,19H,6-10H2,1-5H3/t12-,13+/m0/s1. The molecular formula is C17H29NO6. The SMILES string of the molecule is CCC1(C(C)(C)[C@H](O)CC(=O)N2C(=O)OC[C@H]2C(C)C)OCCO1. The van der Waals surface area contributed by atoms with Crippen LogP contribution < -0.4 is 0 Å². The number of rotatable bonds is 6. The van der Waals surface area contributed by atoms with E-state index in [1.807, 2.05) is 34.6 Å². The quantitative estimate of drug-likeness (QED) is 0.793. The van der Waals surface area contributed by atoms with Crippen LogP contribution in [0.1, 0.15) is 47.5 Å². The molecule has 0 bridgehead atoms. The molecule has 0 aromatic heterocycles. The van der Waals surface area contributed by atoms with E-state index in [2.05, 4.69) is 0 Å². The summed E-state index contributed by atoms with van der Waals surface area (Å²) in [5.41, 5.74) is -0.801. The lowest BCUT2D eigenvalue weighted by Crippen LogP contribution is -2.54. The molecule has 0 aliphatic carbocycles. The summed E-state index contributed by atoms with van der Waals surface area (Å²) in [7, 11) is 0. The molecule has 0 saturated carbocycles. The number of carbonyl (C=O) groups excluding carboxylic acids is 2. The van der Waals surface area contributed by atoms with Gasteiger partial charge in [-0.05, 0) is 12.3 Å². The number of amides is 2. The van der Waals surface area contributed by atoms with Gasteiger partial charge in [0.05, 0.1) is 31.8 Å². The Morgan fingerprint density at radius 3 is 2.46 bits per heavy atom. The number of imide groups is 1. The number of carbonyl (C=O) groups is 2. The predicted molar refractivity (Wildman–Crippen MR) is 86.2 cm³/mol. The lowest BCUT2D eigenvalue weighted by molar-refractivity contribution is -0.255. The normalized spacial score (nSPS) is 25.2. The van der Waals surface area contributed by atoms with Crippen molar-refractivity contribution in [1.82, 2.24) is 4.90 Å². The Balaban J connectivity index is 2.11. The van der Waals surface area contributed by atoms with E-state index >= 15 is 0 Å². The second-order valence-electron chi connectivity index (χ2n) is 7.40. The molecule has 2 amide bonds. The van der Waals surface area contributed by atoms with Crippen LogP contribution in [0, 0.1) is 11.3 Å². The molecule has 2 aliphatic rings. The molecule has 0 spiro atoms. The van der Waals surface area contributed by atoms with Gasteiger partial charge in [0.15, 0.2) is 5.79 Å². The smallest absolute Gasteiger partial charge is 0.416 e. The molecule has 7 nitrogen and oxygen atoms in total. The average Bonchev–Trinajstić information content (AvgIpc) is 3.14. The maximum absolute atomic E-state index is 12.6. The van der Waals surface area contributed by atoms with Gasteiger partial charge in [-0.1, -0.05) is 34.6 Å². The van der Waals surface area contributed by atoms with Gasteiger partial charge in [0, 0.05) is 5.41 Å². The minimum absolute atomic E-state index is 0.0917. The van der Waals surface area contributed by atoms with Gasteiger partial charge in [-0.15, -0.1) is 0 Å². The van der Waals surface area contributed by atoms with Crippen LogP contribution in [0.4, 0.5) is 4.79 Å². The van der Waals surface area contributed by atoms with Crippen molar-refractivity contribution in [2.24, 2.45) is 11.3 Å². The van der Waals surface area contributed by atoms with Crippen LogP contribution in [-0.2, 0) is 19.0 Å². The summed E-state index contributed by atoms with van der Waals surface area (Å²) in [5, 5.41) is 10.7. The van der Waals surface area contributed by atoms with E-state index in [1.54, 1.807) is 0 Å². The van der Waals surface area contributed by atoms with E-state index in [1.165, 1.54) is 0 Å². The van der Waals surface area contributed by atoms with Crippen molar-refractivity contribution in [3.05, 3.63) is 0 Å². The molecule has 0 unspecified atom stereocenters. The van der Waals surface area contributed by atoms with Crippen LogP contribution in [0.3, 0.4) is 0 Å². The van der Waals surface area contributed by atoms with Gasteiger partial charge >= 0.3 is 6.09 Å². The van der Waals surface area contributed by atoms with Crippen molar-refractivity contribution < 1.29 is 28.9 Å². The fourth-order valence-corrected chi connectivity index (χ4v) is 3.47. The molecule has 138 valence electrons. The zero-order chi connectivity index (χ0) is 18.1. The molecule has 2 aliphatic heterocycles. The van der Waals surface area contributed by atoms with E-state index in [9.17, 15) is 14.7 Å². The van der Waals surface area contributed by atoms with Crippen molar-refractivity contribution in [2.75, 3.05) is 19.8 Å². The van der Waals surface area contributed by atoms with Gasteiger partial charge in [0.25, 0.3) is 0 Å². The van der Waals surface area contributed by atoms with Gasteiger partial charge in [0.2, 0.25) is 5.91 Å². The lowest BCUT2D eigenvalue weighted by Gasteiger charge is -2.44. The average molecular weight is 343 g/mol. The number of aliphatic hydroxyl groups excluding tert-OH is 1. The maximum Gasteiger partial charge on any atom is 0.416 e. The Labute approximate surface area is 143 Å². The van der Waals surface area contributed by atoms with Crippen LogP contribution in [-0.4, -0.2) is 59.8 Å². The summed E-state index contributed by atoms with van der Waals surface area (Å²) in [5.74, 6) is -1.26. The first-order valence-corrected chi connectivity index (χ1v) is 8.61. The molecular weight excluding hydrogens is 314 g/mol. The monoisotopic (exact) mass is 343 g/mol. The van der Waals surface area contributed by atoms with Crippen LogP contribution in [0.25, 0.3) is 0 Å². The Kier molecular flexibility index (Phi) is 5.57. The second-order valence-corrected chi connectivity index (χ2v) is 7.40. The Morgan fingerprint density at radius 1 is 1.38 bits per heavy atom. The lowest BCUT2D eigenvalue weighted by atomic mass is 9.75. The summed E-state index contributed by atoms with van der Waals surface area (Å²) in [4.78, 5) is 25.6. The van der Waals surface area contributed by atoms with E-state index in [0.717, 1.165) is 4.90 Å². The first-order valence-electron chi connectivity index (χ1n) is 8.61. The highest BCUT2D eigenvalue weighted by Gasteiger charge is 2.53. The van der Waals surface area contributed by atoms with Gasteiger partial charge < -0.3 is 19.3 Å². The molecule has 2 rings (SSSR count). The van der Waals surface area contributed by atoms with Crippen molar-refractivity contribution in [3.63, 3.8) is 0 Å². The highest BCUT2D eigenvalue weighted by molar-refractivity contribution is 5.93. The fraction of sp³-hybridized carbons (Fsp3) is 0.882. The third-order valence-electron chi connectivity index (χ3n) is 5.35.